The van der Waals surface area contributed by atoms with E-state index in [4.69, 9.17) is 15.7 Å². The molecule has 12 heteroatoms. The lowest BCUT2D eigenvalue weighted by Crippen LogP contribution is -2.42. The van der Waals surface area contributed by atoms with Crippen LogP contribution in [0.3, 0.4) is 0 Å². The normalized spacial score (nSPS) is 16.8. The summed E-state index contributed by atoms with van der Waals surface area (Å²) >= 11 is 0. The lowest BCUT2D eigenvalue weighted by atomic mass is 10.0. The van der Waals surface area contributed by atoms with Crippen LogP contribution in [0.5, 0.6) is 0 Å². The number of fused-ring (bicyclic) bond motifs is 1. The number of hydrogen-bond acceptors (Lipinski definition) is 10. The molecule has 2 aliphatic heterocycles. The first-order valence-corrected chi connectivity index (χ1v) is 14.5. The van der Waals surface area contributed by atoms with Crippen LogP contribution in [0, 0.1) is 0 Å². The van der Waals surface area contributed by atoms with Crippen molar-refractivity contribution in [1.29, 1.82) is 0 Å². The maximum absolute atomic E-state index is 12.4. The third kappa shape index (κ3) is 5.95. The van der Waals surface area contributed by atoms with Gasteiger partial charge in [-0.3, -0.25) is 9.69 Å². The van der Waals surface area contributed by atoms with E-state index in [1.807, 2.05) is 23.1 Å². The highest BCUT2D eigenvalue weighted by molar-refractivity contribution is 5.84. The molecule has 2 aliphatic rings. The van der Waals surface area contributed by atoms with E-state index in [9.17, 15) is 20.1 Å². The standard InChI is InChI=1S/C31H36N8O4/c32-29(43)27-7-4-9-39(27)30-24-14-37(13-20-5-2-1-3-6-20)10-8-26(24)34-31(36-30)35-28-15-38(19-33-28)23-11-21(16-40)25(18-42)22(12-23)17-41/h1-3,5-6,11-12,15,19,27,40-42H,4,7-10,13-14,16-18H2,(H2,32,43)(H,34,35,36)/t27-/m0/s1. The number of benzene rings is 2. The topological polar surface area (TPSA) is 166 Å². The second-order valence-corrected chi connectivity index (χ2v) is 11.0. The molecule has 0 aliphatic carbocycles. The van der Waals surface area contributed by atoms with Crippen molar-refractivity contribution in [2.45, 2.75) is 58.2 Å². The van der Waals surface area contributed by atoms with Gasteiger partial charge >= 0.3 is 0 Å². The van der Waals surface area contributed by atoms with E-state index in [1.54, 1.807) is 29.2 Å². The Kier molecular flexibility index (Phi) is 8.34. The molecular formula is C31H36N8O4. The molecule has 6 rings (SSSR count). The van der Waals surface area contributed by atoms with Crippen molar-refractivity contribution in [2.75, 3.05) is 23.3 Å². The SMILES string of the molecule is NC(=O)[C@@H]1CCCN1c1nc(Nc2cn(-c3cc(CO)c(CO)c(CO)c3)cn2)nc2c1CN(Cc1ccccc1)CC2. The number of hydrogen-bond donors (Lipinski definition) is 5. The van der Waals surface area contributed by atoms with Crippen LogP contribution >= 0.6 is 0 Å². The lowest BCUT2D eigenvalue weighted by Gasteiger charge is -2.33. The molecule has 12 nitrogen and oxygen atoms in total. The molecule has 4 aromatic rings. The summed E-state index contributed by atoms with van der Waals surface area (Å²) in [7, 11) is 0. The number of carbonyl (C=O) groups is 1. The molecule has 1 amide bonds. The summed E-state index contributed by atoms with van der Waals surface area (Å²) < 4.78 is 1.76. The van der Waals surface area contributed by atoms with Crippen LogP contribution in [0.1, 0.15) is 46.4 Å². The molecule has 1 atom stereocenters. The number of aromatic nitrogens is 4. The Morgan fingerprint density at radius 1 is 1.02 bits per heavy atom. The molecule has 43 heavy (non-hydrogen) atoms. The summed E-state index contributed by atoms with van der Waals surface area (Å²) in [6.07, 6.45) is 5.66. The minimum atomic E-state index is -0.418. The molecule has 4 heterocycles. The quantitative estimate of drug-likeness (QED) is 0.186. The summed E-state index contributed by atoms with van der Waals surface area (Å²) in [5.74, 6) is 1.26. The number of aliphatic hydroxyl groups excluding tert-OH is 3. The van der Waals surface area contributed by atoms with Gasteiger partial charge in [-0.25, -0.2) is 9.97 Å². The van der Waals surface area contributed by atoms with Crippen LogP contribution in [-0.2, 0) is 44.1 Å². The Balaban J connectivity index is 1.31. The summed E-state index contributed by atoms with van der Waals surface area (Å²) in [4.78, 5) is 31.0. The number of aliphatic hydroxyl groups is 3. The van der Waals surface area contributed by atoms with Crippen molar-refractivity contribution in [3.05, 3.63) is 88.5 Å². The second kappa shape index (κ2) is 12.5. The van der Waals surface area contributed by atoms with E-state index in [1.165, 1.54) is 5.56 Å². The van der Waals surface area contributed by atoms with Gasteiger partial charge in [0.15, 0.2) is 5.82 Å². The molecule has 0 radical (unpaired) electrons. The Morgan fingerprint density at radius 2 is 1.79 bits per heavy atom. The van der Waals surface area contributed by atoms with Crippen molar-refractivity contribution in [2.24, 2.45) is 5.73 Å². The highest BCUT2D eigenvalue weighted by atomic mass is 16.3. The van der Waals surface area contributed by atoms with E-state index in [-0.39, 0.29) is 25.7 Å². The number of primary amides is 1. The minimum absolute atomic E-state index is 0.270. The first kappa shape index (κ1) is 28.7. The van der Waals surface area contributed by atoms with Gasteiger partial charge in [-0.1, -0.05) is 30.3 Å². The Labute approximate surface area is 249 Å². The summed E-state index contributed by atoms with van der Waals surface area (Å²) in [5, 5.41) is 32.6. The van der Waals surface area contributed by atoms with Gasteiger partial charge < -0.3 is 35.8 Å². The smallest absolute Gasteiger partial charge is 0.240 e. The maximum Gasteiger partial charge on any atom is 0.240 e. The first-order chi connectivity index (χ1) is 21.0. The third-order valence-electron chi connectivity index (χ3n) is 8.26. The van der Waals surface area contributed by atoms with Gasteiger partial charge in [0.2, 0.25) is 11.9 Å². The van der Waals surface area contributed by atoms with Gasteiger partial charge in [0, 0.05) is 43.9 Å². The summed E-state index contributed by atoms with van der Waals surface area (Å²) in [5.41, 5.74) is 11.3. The minimum Gasteiger partial charge on any atom is -0.392 e. The number of anilines is 3. The molecule has 2 aromatic heterocycles. The van der Waals surface area contributed by atoms with Crippen LogP contribution in [0.25, 0.3) is 5.69 Å². The molecule has 0 spiro atoms. The first-order valence-electron chi connectivity index (χ1n) is 14.5. The summed E-state index contributed by atoms with van der Waals surface area (Å²) in [6, 6.07) is 13.4. The fourth-order valence-corrected chi connectivity index (χ4v) is 6.10. The number of nitrogens with zero attached hydrogens (tertiary/aromatic N) is 6. The van der Waals surface area contributed by atoms with E-state index in [0.29, 0.717) is 53.7 Å². The van der Waals surface area contributed by atoms with Gasteiger partial charge in [-0.15, -0.1) is 0 Å². The van der Waals surface area contributed by atoms with Gasteiger partial charge in [-0.05, 0) is 47.2 Å². The van der Waals surface area contributed by atoms with Crippen molar-refractivity contribution in [1.82, 2.24) is 24.4 Å². The van der Waals surface area contributed by atoms with Gasteiger partial charge in [0.1, 0.15) is 18.2 Å². The number of nitrogens with two attached hydrogens (primary N) is 1. The zero-order valence-electron chi connectivity index (χ0n) is 23.9. The maximum atomic E-state index is 12.4. The molecule has 0 bridgehead atoms. The zero-order chi connectivity index (χ0) is 29.9. The Bertz CT molecular complexity index is 1580. The molecular weight excluding hydrogens is 548 g/mol. The average molecular weight is 585 g/mol. The van der Waals surface area contributed by atoms with Crippen LogP contribution in [0.4, 0.5) is 17.6 Å². The highest BCUT2D eigenvalue weighted by Crippen LogP contribution is 2.33. The number of amides is 1. The number of carbonyl (C=O) groups excluding carboxylic acids is 1. The molecule has 224 valence electrons. The van der Waals surface area contributed by atoms with Gasteiger partial charge in [0.25, 0.3) is 0 Å². The number of nitrogens with one attached hydrogen (secondary N) is 1. The molecule has 0 unspecified atom stereocenters. The van der Waals surface area contributed by atoms with Crippen molar-refractivity contribution < 1.29 is 20.1 Å². The Hall–Kier alpha value is -4.36. The Morgan fingerprint density at radius 3 is 2.49 bits per heavy atom. The number of imidazole rings is 1. The van der Waals surface area contributed by atoms with E-state index >= 15 is 0 Å². The fraction of sp³-hybridized carbons (Fsp3) is 0.355. The van der Waals surface area contributed by atoms with Crippen molar-refractivity contribution >= 4 is 23.5 Å². The average Bonchev–Trinajstić information content (AvgIpc) is 3.71. The second-order valence-electron chi connectivity index (χ2n) is 11.0. The zero-order valence-corrected chi connectivity index (χ0v) is 23.9. The van der Waals surface area contributed by atoms with Crippen LogP contribution < -0.4 is 16.0 Å². The molecule has 0 saturated carbocycles. The van der Waals surface area contributed by atoms with Gasteiger partial charge in [0.05, 0.1) is 31.7 Å². The van der Waals surface area contributed by atoms with E-state index in [2.05, 4.69) is 27.3 Å². The van der Waals surface area contributed by atoms with Crippen LogP contribution in [0.2, 0.25) is 0 Å². The fourth-order valence-electron chi connectivity index (χ4n) is 6.10. The van der Waals surface area contributed by atoms with Crippen LogP contribution in [0.15, 0.2) is 55.0 Å². The molecule has 6 N–H and O–H groups in total. The summed E-state index contributed by atoms with van der Waals surface area (Å²) in [6.45, 7) is 2.19. The number of rotatable bonds is 10. The van der Waals surface area contributed by atoms with E-state index < -0.39 is 6.04 Å². The molecule has 1 saturated heterocycles. The van der Waals surface area contributed by atoms with Crippen molar-refractivity contribution in [3.8, 4) is 5.69 Å². The predicted octanol–water partition coefficient (Wildman–Crippen LogP) is 1.90. The monoisotopic (exact) mass is 584 g/mol. The molecule has 1 fully saturated rings. The molecule has 2 aromatic carbocycles. The van der Waals surface area contributed by atoms with Crippen molar-refractivity contribution in [3.63, 3.8) is 0 Å². The van der Waals surface area contributed by atoms with Crippen LogP contribution in [-0.4, -0.2) is 64.8 Å². The van der Waals surface area contributed by atoms with Gasteiger partial charge in [-0.2, -0.15) is 4.98 Å². The third-order valence-corrected chi connectivity index (χ3v) is 8.26. The highest BCUT2D eigenvalue weighted by Gasteiger charge is 2.34. The lowest BCUT2D eigenvalue weighted by molar-refractivity contribution is -0.119. The largest absolute Gasteiger partial charge is 0.392 e. The van der Waals surface area contributed by atoms with E-state index in [0.717, 1.165) is 43.0 Å². The predicted molar refractivity (Wildman–Crippen MR) is 160 cm³/mol.